The van der Waals surface area contributed by atoms with E-state index in [1.807, 2.05) is 6.07 Å². The number of fused-ring (bicyclic) bond motifs is 1. The van der Waals surface area contributed by atoms with Crippen LogP contribution < -0.4 is 21.7 Å². The van der Waals surface area contributed by atoms with Gasteiger partial charge < -0.3 is 40.8 Å². The van der Waals surface area contributed by atoms with Crippen LogP contribution in [0, 0.1) is 11.8 Å². The van der Waals surface area contributed by atoms with Crippen molar-refractivity contribution >= 4 is 39.3 Å². The topological polar surface area (TPSA) is 157 Å². The Morgan fingerprint density at radius 3 is 2.29 bits per heavy atom. The highest BCUT2D eigenvalue weighted by molar-refractivity contribution is 7.18. The van der Waals surface area contributed by atoms with E-state index < -0.39 is 6.04 Å². The molecule has 1 aliphatic heterocycles. The summed E-state index contributed by atoms with van der Waals surface area (Å²) in [6.07, 6.45) is 7.65. The van der Waals surface area contributed by atoms with Gasteiger partial charge in [0.15, 0.2) is 0 Å². The molecule has 1 aromatic heterocycles. The molecule has 3 amide bonds. The van der Waals surface area contributed by atoms with Crippen LogP contribution in [-0.4, -0.2) is 112 Å². The number of amides is 3. The number of nitrogens with one attached hydrogen (secondary N) is 3. The van der Waals surface area contributed by atoms with E-state index in [0.29, 0.717) is 65.1 Å². The number of ether oxygens (including phenoxy) is 3. The molecular formula is C38H62N6O6S. The summed E-state index contributed by atoms with van der Waals surface area (Å²) in [4.78, 5) is 47.0. The van der Waals surface area contributed by atoms with Crippen molar-refractivity contribution in [2.24, 2.45) is 17.6 Å². The second kappa shape index (κ2) is 22.4. The normalized spacial score (nSPS) is 17.4. The maximum absolute atomic E-state index is 13.9. The molecule has 1 aromatic carbocycles. The SMILES string of the molecule is CCC(=O)N[C@@H](Cc1nc2ccc(C(C)C)cc2s1)C(=O)N[C@H](CNC(=O)C1CCN(CCOCCOCCOCCN)CC1)C1CCCCC1. The molecule has 0 bridgehead atoms. The van der Waals surface area contributed by atoms with Gasteiger partial charge >= 0.3 is 0 Å². The molecule has 2 heterocycles. The van der Waals surface area contributed by atoms with Crippen LogP contribution in [0.2, 0.25) is 0 Å². The van der Waals surface area contributed by atoms with Gasteiger partial charge in [0.1, 0.15) is 6.04 Å². The summed E-state index contributed by atoms with van der Waals surface area (Å²) in [6.45, 7) is 12.9. The highest BCUT2D eigenvalue weighted by Gasteiger charge is 2.31. The molecule has 0 radical (unpaired) electrons. The lowest BCUT2D eigenvalue weighted by Crippen LogP contribution is -2.55. The second-order valence-electron chi connectivity index (χ2n) is 14.2. The van der Waals surface area contributed by atoms with Gasteiger partial charge in [-0.2, -0.15) is 0 Å². The van der Waals surface area contributed by atoms with Crippen molar-refractivity contribution in [3.63, 3.8) is 0 Å². The number of hydrogen-bond acceptors (Lipinski definition) is 10. The minimum atomic E-state index is -0.744. The third-order valence-electron chi connectivity index (χ3n) is 10.0. The first kappa shape index (κ1) is 41.1. The first-order valence-corrected chi connectivity index (χ1v) is 20.0. The van der Waals surface area contributed by atoms with Crippen LogP contribution in [0.15, 0.2) is 18.2 Å². The third-order valence-corrected chi connectivity index (χ3v) is 11.1. The standard InChI is InChI=1S/C38H62N6O6S/c1-4-35(45)41-32(25-36-42-31-11-10-30(27(2)3)24-34(31)51-36)38(47)43-33(28-8-6-5-7-9-28)26-40-37(46)29-12-15-44(16-13-29)17-19-49-21-23-50-22-20-48-18-14-39/h10-11,24,27-29,32-33H,4-9,12-23,25-26,39H2,1-3H3,(H,40,46)(H,41,45)(H,43,47)/t32-,33+/m0/s1. The number of hydrogen-bond donors (Lipinski definition) is 4. The number of benzene rings is 1. The smallest absolute Gasteiger partial charge is 0.243 e. The molecule has 1 saturated carbocycles. The summed E-state index contributed by atoms with van der Waals surface area (Å²) >= 11 is 1.58. The quantitative estimate of drug-likeness (QED) is 0.133. The monoisotopic (exact) mass is 730 g/mol. The van der Waals surface area contributed by atoms with E-state index in [1.165, 1.54) is 12.0 Å². The molecule has 51 heavy (non-hydrogen) atoms. The molecule has 13 heteroatoms. The van der Waals surface area contributed by atoms with E-state index in [4.69, 9.17) is 24.9 Å². The number of likely N-dealkylation sites (tertiary alicyclic amines) is 1. The summed E-state index contributed by atoms with van der Waals surface area (Å²) in [5.41, 5.74) is 7.55. The van der Waals surface area contributed by atoms with Crippen LogP contribution in [0.3, 0.4) is 0 Å². The van der Waals surface area contributed by atoms with E-state index in [2.05, 4.69) is 46.8 Å². The Bertz CT molecular complexity index is 1340. The average Bonchev–Trinajstić information content (AvgIpc) is 3.55. The molecule has 0 unspecified atom stereocenters. The van der Waals surface area contributed by atoms with Gasteiger partial charge in [-0.25, -0.2) is 4.98 Å². The lowest BCUT2D eigenvalue weighted by molar-refractivity contribution is -0.130. The maximum Gasteiger partial charge on any atom is 0.243 e. The predicted molar refractivity (Wildman–Crippen MR) is 202 cm³/mol. The van der Waals surface area contributed by atoms with E-state index >= 15 is 0 Å². The molecule has 286 valence electrons. The molecule has 1 saturated heterocycles. The van der Waals surface area contributed by atoms with Crippen molar-refractivity contribution in [1.82, 2.24) is 25.8 Å². The fourth-order valence-electron chi connectivity index (χ4n) is 6.86. The van der Waals surface area contributed by atoms with Crippen molar-refractivity contribution in [2.45, 2.75) is 96.6 Å². The summed E-state index contributed by atoms with van der Waals surface area (Å²) in [5, 5.41) is 10.3. The van der Waals surface area contributed by atoms with E-state index in [9.17, 15) is 14.4 Å². The predicted octanol–water partition coefficient (Wildman–Crippen LogP) is 3.76. The summed E-state index contributed by atoms with van der Waals surface area (Å²) in [5.74, 6) is 0.299. The number of thiazole rings is 1. The lowest BCUT2D eigenvalue weighted by atomic mass is 9.83. The maximum atomic E-state index is 13.9. The van der Waals surface area contributed by atoms with Crippen molar-refractivity contribution in [1.29, 1.82) is 0 Å². The molecule has 0 spiro atoms. The molecule has 5 N–H and O–H groups in total. The lowest BCUT2D eigenvalue weighted by Gasteiger charge is -2.34. The fourth-order valence-corrected chi connectivity index (χ4v) is 7.92. The van der Waals surface area contributed by atoms with Crippen LogP contribution in [0.4, 0.5) is 0 Å². The van der Waals surface area contributed by atoms with Crippen molar-refractivity contribution in [3.05, 3.63) is 28.8 Å². The molecule has 12 nitrogen and oxygen atoms in total. The summed E-state index contributed by atoms with van der Waals surface area (Å²) in [7, 11) is 0. The van der Waals surface area contributed by atoms with E-state index in [-0.39, 0.29) is 42.0 Å². The van der Waals surface area contributed by atoms with E-state index in [0.717, 1.165) is 73.4 Å². The highest BCUT2D eigenvalue weighted by atomic mass is 32.1. The molecule has 1 aliphatic carbocycles. The zero-order valence-corrected chi connectivity index (χ0v) is 31.9. The zero-order chi connectivity index (χ0) is 36.4. The van der Waals surface area contributed by atoms with Crippen LogP contribution in [-0.2, 0) is 35.0 Å². The van der Waals surface area contributed by atoms with Gasteiger partial charge in [-0.15, -0.1) is 11.3 Å². The van der Waals surface area contributed by atoms with E-state index in [1.54, 1.807) is 18.3 Å². The number of nitrogens with zero attached hydrogens (tertiary/aromatic N) is 2. The number of rotatable bonds is 22. The average molecular weight is 731 g/mol. The largest absolute Gasteiger partial charge is 0.378 e. The molecule has 2 atom stereocenters. The molecule has 4 rings (SSSR count). The van der Waals surface area contributed by atoms with Gasteiger partial charge in [0.2, 0.25) is 17.7 Å². The summed E-state index contributed by atoms with van der Waals surface area (Å²) in [6, 6.07) is 5.36. The first-order valence-electron chi connectivity index (χ1n) is 19.2. The number of piperidine rings is 1. The Hall–Kier alpha value is -2.68. The van der Waals surface area contributed by atoms with Gasteiger partial charge in [-0.05, 0) is 68.3 Å². The Labute approximate surface area is 308 Å². The Kier molecular flexibility index (Phi) is 18.0. The summed E-state index contributed by atoms with van der Waals surface area (Å²) < 4.78 is 17.6. The third kappa shape index (κ3) is 14.0. The van der Waals surface area contributed by atoms with Gasteiger partial charge in [-0.1, -0.05) is 46.1 Å². The van der Waals surface area contributed by atoms with Gasteiger partial charge in [0.05, 0.1) is 54.9 Å². The number of aromatic nitrogens is 1. The van der Waals surface area contributed by atoms with Crippen LogP contribution in [0.5, 0.6) is 0 Å². The number of nitrogens with two attached hydrogens (primary N) is 1. The second-order valence-corrected chi connectivity index (χ2v) is 15.3. The Morgan fingerprint density at radius 2 is 1.63 bits per heavy atom. The molecule has 2 fully saturated rings. The van der Waals surface area contributed by atoms with Crippen molar-refractivity contribution in [2.75, 3.05) is 72.4 Å². The van der Waals surface area contributed by atoms with Gasteiger partial charge in [0.25, 0.3) is 0 Å². The highest BCUT2D eigenvalue weighted by Crippen LogP contribution is 2.29. The number of carbonyl (C=O) groups excluding carboxylic acids is 3. The molecule has 2 aliphatic rings. The molecular weight excluding hydrogens is 669 g/mol. The number of carbonyl (C=O) groups is 3. The van der Waals surface area contributed by atoms with Gasteiger partial charge in [0, 0.05) is 44.4 Å². The van der Waals surface area contributed by atoms with Crippen molar-refractivity contribution < 1.29 is 28.6 Å². The fraction of sp³-hybridized carbons (Fsp3) is 0.737. The van der Waals surface area contributed by atoms with Crippen LogP contribution in [0.1, 0.15) is 88.6 Å². The van der Waals surface area contributed by atoms with Crippen molar-refractivity contribution in [3.8, 4) is 0 Å². The Morgan fingerprint density at radius 1 is 0.941 bits per heavy atom. The first-order chi connectivity index (χ1) is 24.8. The minimum absolute atomic E-state index is 0.0494. The molecule has 2 aromatic rings. The minimum Gasteiger partial charge on any atom is -0.378 e. The zero-order valence-electron chi connectivity index (χ0n) is 31.1. The van der Waals surface area contributed by atoms with Gasteiger partial charge in [-0.3, -0.25) is 14.4 Å². The van der Waals surface area contributed by atoms with Crippen LogP contribution in [0.25, 0.3) is 10.2 Å². The Balaban J connectivity index is 1.26. The van der Waals surface area contributed by atoms with Crippen LogP contribution >= 0.6 is 11.3 Å².